The lowest BCUT2D eigenvalue weighted by molar-refractivity contribution is -0.138. The van der Waals surface area contributed by atoms with E-state index in [0.29, 0.717) is 0 Å². The predicted octanol–water partition coefficient (Wildman–Crippen LogP) is 0.878. The minimum atomic E-state index is -0.683. The second-order valence-corrected chi connectivity index (χ2v) is 5.80. The van der Waals surface area contributed by atoms with E-state index in [1.165, 1.54) is 0 Å². The van der Waals surface area contributed by atoms with Crippen LogP contribution in [-0.2, 0) is 4.79 Å². The lowest BCUT2D eigenvalue weighted by Gasteiger charge is -2.41. The molecule has 0 saturated carbocycles. The van der Waals surface area contributed by atoms with Crippen molar-refractivity contribution >= 4 is 17.7 Å². The second-order valence-electron chi connectivity index (χ2n) is 4.23. The number of hydrogen-bond donors (Lipinski definition) is 2. The van der Waals surface area contributed by atoms with Crippen molar-refractivity contribution in [2.24, 2.45) is 0 Å². The standard InChI is InChI=1S/C11H22N2O2S/c1-3-13(4-2)5-6-16-11(7-10(14)15)8-12-9-11/h12H,3-9H2,1-2H3,(H,14,15). The van der Waals surface area contributed by atoms with Crippen molar-refractivity contribution < 1.29 is 9.90 Å². The van der Waals surface area contributed by atoms with E-state index in [2.05, 4.69) is 24.1 Å². The van der Waals surface area contributed by atoms with E-state index in [1.807, 2.05) is 11.8 Å². The molecule has 0 amide bonds. The molecule has 1 aliphatic rings. The maximum atomic E-state index is 10.8. The van der Waals surface area contributed by atoms with E-state index in [0.717, 1.165) is 38.5 Å². The third-order valence-electron chi connectivity index (χ3n) is 3.08. The quantitative estimate of drug-likeness (QED) is 0.666. The highest BCUT2D eigenvalue weighted by atomic mass is 32.2. The Hall–Kier alpha value is -0.260. The summed E-state index contributed by atoms with van der Waals surface area (Å²) in [7, 11) is 0. The molecule has 0 aromatic carbocycles. The largest absolute Gasteiger partial charge is 0.481 e. The minimum Gasteiger partial charge on any atom is -0.481 e. The monoisotopic (exact) mass is 246 g/mol. The molecule has 1 rings (SSSR count). The van der Waals surface area contributed by atoms with Crippen LogP contribution in [0.3, 0.4) is 0 Å². The van der Waals surface area contributed by atoms with Crippen LogP contribution >= 0.6 is 11.8 Å². The van der Waals surface area contributed by atoms with Crippen molar-refractivity contribution in [1.29, 1.82) is 0 Å². The van der Waals surface area contributed by atoms with Crippen molar-refractivity contribution in [3.8, 4) is 0 Å². The van der Waals surface area contributed by atoms with Gasteiger partial charge in [0.25, 0.3) is 0 Å². The van der Waals surface area contributed by atoms with Gasteiger partial charge in [0.05, 0.1) is 11.2 Å². The first-order valence-corrected chi connectivity index (χ1v) is 6.89. The molecule has 1 fully saturated rings. The fourth-order valence-corrected chi connectivity index (χ4v) is 3.30. The molecule has 0 radical (unpaired) electrons. The molecule has 1 heterocycles. The molecule has 0 unspecified atom stereocenters. The summed E-state index contributed by atoms with van der Waals surface area (Å²) in [5, 5.41) is 12.0. The van der Waals surface area contributed by atoms with Crippen LogP contribution in [0.15, 0.2) is 0 Å². The zero-order valence-corrected chi connectivity index (χ0v) is 11.0. The molecule has 1 aliphatic heterocycles. The maximum Gasteiger partial charge on any atom is 0.304 e. The van der Waals surface area contributed by atoms with E-state index in [1.54, 1.807) is 0 Å². The number of carboxylic acid groups (broad SMARTS) is 1. The zero-order valence-electron chi connectivity index (χ0n) is 10.2. The molecule has 1 saturated heterocycles. The maximum absolute atomic E-state index is 10.8. The normalized spacial score (nSPS) is 18.4. The highest BCUT2D eigenvalue weighted by molar-refractivity contribution is 8.00. The number of carboxylic acids is 1. The van der Waals surface area contributed by atoms with Crippen LogP contribution in [-0.4, -0.2) is 59.2 Å². The van der Waals surface area contributed by atoms with Gasteiger partial charge < -0.3 is 15.3 Å². The summed E-state index contributed by atoms with van der Waals surface area (Å²) in [6.07, 6.45) is 0.281. The van der Waals surface area contributed by atoms with Crippen LogP contribution in [0.5, 0.6) is 0 Å². The van der Waals surface area contributed by atoms with Crippen LogP contribution in [0.2, 0.25) is 0 Å². The van der Waals surface area contributed by atoms with E-state index in [4.69, 9.17) is 5.11 Å². The highest BCUT2D eigenvalue weighted by Gasteiger charge is 2.39. The smallest absolute Gasteiger partial charge is 0.304 e. The Bertz CT molecular complexity index is 228. The van der Waals surface area contributed by atoms with Gasteiger partial charge in [0.2, 0.25) is 0 Å². The van der Waals surface area contributed by atoms with Gasteiger partial charge in [0, 0.05) is 25.4 Å². The molecule has 4 nitrogen and oxygen atoms in total. The minimum absolute atomic E-state index is 0.0427. The third kappa shape index (κ3) is 3.96. The predicted molar refractivity (Wildman–Crippen MR) is 68.1 cm³/mol. The fourth-order valence-electron chi connectivity index (χ4n) is 1.89. The molecule has 5 heteroatoms. The highest BCUT2D eigenvalue weighted by Crippen LogP contribution is 2.32. The zero-order chi connectivity index (χ0) is 12.0. The first-order chi connectivity index (χ1) is 7.62. The van der Waals surface area contributed by atoms with E-state index < -0.39 is 5.97 Å². The molecule has 0 aliphatic carbocycles. The van der Waals surface area contributed by atoms with Crippen LogP contribution in [0.1, 0.15) is 20.3 Å². The van der Waals surface area contributed by atoms with Gasteiger partial charge in [0.15, 0.2) is 0 Å². The molecular weight excluding hydrogens is 224 g/mol. The Balaban J connectivity index is 2.26. The van der Waals surface area contributed by atoms with E-state index >= 15 is 0 Å². The fraction of sp³-hybridized carbons (Fsp3) is 0.909. The topological polar surface area (TPSA) is 52.6 Å². The molecule has 0 aromatic rings. The van der Waals surface area contributed by atoms with Gasteiger partial charge in [-0.3, -0.25) is 4.79 Å². The third-order valence-corrected chi connectivity index (χ3v) is 4.51. The number of nitrogens with zero attached hydrogens (tertiary/aromatic N) is 1. The van der Waals surface area contributed by atoms with E-state index in [9.17, 15) is 4.79 Å². The van der Waals surface area contributed by atoms with Crippen LogP contribution in [0.4, 0.5) is 0 Å². The van der Waals surface area contributed by atoms with Gasteiger partial charge >= 0.3 is 5.97 Å². The Morgan fingerprint density at radius 2 is 2.06 bits per heavy atom. The number of hydrogen-bond acceptors (Lipinski definition) is 4. The Morgan fingerprint density at radius 1 is 1.44 bits per heavy atom. The Kier molecular flexibility index (Phi) is 5.58. The van der Waals surface area contributed by atoms with Crippen LogP contribution in [0, 0.1) is 0 Å². The Morgan fingerprint density at radius 3 is 2.44 bits per heavy atom. The molecule has 0 atom stereocenters. The molecule has 0 spiro atoms. The summed E-state index contributed by atoms with van der Waals surface area (Å²) in [6, 6.07) is 0. The van der Waals surface area contributed by atoms with Crippen LogP contribution < -0.4 is 5.32 Å². The van der Waals surface area contributed by atoms with Crippen LogP contribution in [0.25, 0.3) is 0 Å². The SMILES string of the molecule is CCN(CC)CCSC1(CC(=O)O)CNC1. The first-order valence-electron chi connectivity index (χ1n) is 5.90. The van der Waals surface area contributed by atoms with Gasteiger partial charge in [-0.15, -0.1) is 0 Å². The number of nitrogens with one attached hydrogen (secondary N) is 1. The number of carbonyl (C=O) groups is 1. The van der Waals surface area contributed by atoms with Crippen molar-refractivity contribution in [1.82, 2.24) is 10.2 Å². The van der Waals surface area contributed by atoms with Gasteiger partial charge in [-0.1, -0.05) is 13.8 Å². The summed E-state index contributed by atoms with van der Waals surface area (Å²) in [4.78, 5) is 13.1. The van der Waals surface area contributed by atoms with Gasteiger partial charge in [-0.25, -0.2) is 0 Å². The van der Waals surface area contributed by atoms with Crippen molar-refractivity contribution in [3.05, 3.63) is 0 Å². The average Bonchev–Trinajstić information content (AvgIpc) is 2.20. The average molecular weight is 246 g/mol. The number of aliphatic carboxylic acids is 1. The molecule has 16 heavy (non-hydrogen) atoms. The summed E-state index contributed by atoms with van der Waals surface area (Å²) in [6.45, 7) is 9.18. The number of thioether (sulfide) groups is 1. The number of rotatable bonds is 8. The summed E-state index contributed by atoms with van der Waals surface area (Å²) in [5.74, 6) is 0.341. The Labute approximate surface area is 102 Å². The lowest BCUT2D eigenvalue weighted by atomic mass is 9.98. The molecule has 0 bridgehead atoms. The van der Waals surface area contributed by atoms with Crippen molar-refractivity contribution in [3.63, 3.8) is 0 Å². The van der Waals surface area contributed by atoms with Crippen molar-refractivity contribution in [2.45, 2.75) is 25.0 Å². The van der Waals surface area contributed by atoms with Gasteiger partial charge in [-0.05, 0) is 13.1 Å². The van der Waals surface area contributed by atoms with E-state index in [-0.39, 0.29) is 11.2 Å². The summed E-state index contributed by atoms with van der Waals surface area (Å²) in [5.41, 5.74) is 0. The first kappa shape index (κ1) is 13.8. The molecule has 94 valence electrons. The van der Waals surface area contributed by atoms with Crippen molar-refractivity contribution in [2.75, 3.05) is 38.5 Å². The second kappa shape index (κ2) is 6.47. The van der Waals surface area contributed by atoms with Gasteiger partial charge in [-0.2, -0.15) is 11.8 Å². The summed E-state index contributed by atoms with van der Waals surface area (Å²) >= 11 is 1.81. The summed E-state index contributed by atoms with van der Waals surface area (Å²) < 4.78 is -0.0427. The molecule has 2 N–H and O–H groups in total. The lowest BCUT2D eigenvalue weighted by Crippen LogP contribution is -2.58. The molecule has 0 aromatic heterocycles. The van der Waals surface area contributed by atoms with Gasteiger partial charge in [0.1, 0.15) is 0 Å². The molecular formula is C11H22N2O2S.